The van der Waals surface area contributed by atoms with Gasteiger partial charge in [-0.3, -0.25) is 4.98 Å². The Balaban J connectivity index is 3.11. The highest BCUT2D eigenvalue weighted by molar-refractivity contribution is 6.32. The van der Waals surface area contributed by atoms with Gasteiger partial charge >= 0.3 is 0 Å². The van der Waals surface area contributed by atoms with E-state index in [0.717, 1.165) is 0 Å². The van der Waals surface area contributed by atoms with Gasteiger partial charge in [0.1, 0.15) is 10.8 Å². The number of halogens is 1. The topological polar surface area (TPSA) is 45.9 Å². The Hall–Kier alpha value is -1.27. The molecule has 4 heteroatoms. The Morgan fingerprint density at radius 3 is 3.00 bits per heavy atom. The van der Waals surface area contributed by atoms with Gasteiger partial charge in [0.25, 0.3) is 0 Å². The van der Waals surface area contributed by atoms with Crippen molar-refractivity contribution in [3.05, 3.63) is 23.0 Å². The van der Waals surface area contributed by atoms with Crippen LogP contribution >= 0.6 is 11.6 Å². The van der Waals surface area contributed by atoms with Crippen LogP contribution in [0.25, 0.3) is 0 Å². The van der Waals surface area contributed by atoms with Crippen LogP contribution in [0.1, 0.15) is 5.56 Å². The molecule has 1 aromatic rings. The Morgan fingerprint density at radius 2 is 2.42 bits per heavy atom. The number of hydrogen-bond donors (Lipinski definition) is 0. The van der Waals surface area contributed by atoms with Gasteiger partial charge in [-0.15, -0.1) is 0 Å². The molecule has 0 atom stereocenters. The number of hydrogen-bond acceptors (Lipinski definition) is 3. The van der Waals surface area contributed by atoms with Crippen molar-refractivity contribution in [3.63, 3.8) is 0 Å². The van der Waals surface area contributed by atoms with E-state index in [4.69, 9.17) is 21.6 Å². The summed E-state index contributed by atoms with van der Waals surface area (Å²) in [6.45, 7) is 0. The van der Waals surface area contributed by atoms with Gasteiger partial charge in [-0.1, -0.05) is 11.6 Å². The summed E-state index contributed by atoms with van der Waals surface area (Å²) in [7, 11) is 1.52. The van der Waals surface area contributed by atoms with Crippen molar-refractivity contribution in [1.29, 1.82) is 5.26 Å². The normalized spacial score (nSPS) is 9.08. The van der Waals surface area contributed by atoms with Crippen LogP contribution in [0, 0.1) is 11.3 Å². The van der Waals surface area contributed by atoms with Crippen LogP contribution in [0.3, 0.4) is 0 Å². The molecule has 0 saturated heterocycles. The number of rotatable bonds is 2. The first kappa shape index (κ1) is 8.82. The van der Waals surface area contributed by atoms with E-state index < -0.39 is 0 Å². The smallest absolute Gasteiger partial charge is 0.144 e. The predicted molar refractivity (Wildman–Crippen MR) is 45.1 cm³/mol. The molecule has 12 heavy (non-hydrogen) atoms. The maximum Gasteiger partial charge on any atom is 0.144 e. The minimum absolute atomic E-state index is 0.261. The number of aromatic nitrogens is 1. The average molecular weight is 183 g/mol. The summed E-state index contributed by atoms with van der Waals surface area (Å²) in [5, 5.41) is 8.89. The summed E-state index contributed by atoms with van der Waals surface area (Å²) in [6, 6.07) is 2.01. The van der Waals surface area contributed by atoms with Gasteiger partial charge in [0.05, 0.1) is 19.6 Å². The van der Waals surface area contributed by atoms with E-state index in [2.05, 4.69) is 4.98 Å². The Morgan fingerprint density at radius 1 is 1.67 bits per heavy atom. The highest BCUT2D eigenvalue weighted by Gasteiger charge is 2.06. The van der Waals surface area contributed by atoms with Crippen LogP contribution in [-0.4, -0.2) is 12.1 Å². The molecule has 0 spiro atoms. The first-order valence-corrected chi connectivity index (χ1v) is 3.70. The number of methoxy groups -OCH3 is 1. The van der Waals surface area contributed by atoms with Gasteiger partial charge in [0, 0.05) is 18.0 Å². The third-order valence-corrected chi connectivity index (χ3v) is 1.67. The van der Waals surface area contributed by atoms with Crippen molar-refractivity contribution < 1.29 is 4.74 Å². The van der Waals surface area contributed by atoms with Gasteiger partial charge in [-0.25, -0.2) is 0 Å². The van der Waals surface area contributed by atoms with Crippen LogP contribution in [0.2, 0.25) is 5.02 Å². The monoisotopic (exact) mass is 182 g/mol. The summed E-state index contributed by atoms with van der Waals surface area (Å²) in [5.41, 5.74) is 0.715. The largest absolute Gasteiger partial charge is 0.495 e. The van der Waals surface area contributed by atoms with Gasteiger partial charge in [0.15, 0.2) is 0 Å². The molecule has 1 rings (SSSR count). The molecule has 0 N–H and O–H groups in total. The second kappa shape index (κ2) is 3.93. The quantitative estimate of drug-likeness (QED) is 0.701. The third kappa shape index (κ3) is 1.66. The second-order valence-electron chi connectivity index (χ2n) is 2.15. The highest BCUT2D eigenvalue weighted by Crippen LogP contribution is 2.26. The highest BCUT2D eigenvalue weighted by atomic mass is 35.5. The fourth-order valence-electron chi connectivity index (χ4n) is 0.903. The van der Waals surface area contributed by atoms with Crippen LogP contribution in [0.15, 0.2) is 12.4 Å². The lowest BCUT2D eigenvalue weighted by atomic mass is 10.2. The molecule has 0 fully saturated rings. The van der Waals surface area contributed by atoms with Crippen molar-refractivity contribution in [3.8, 4) is 11.8 Å². The molecular weight excluding hydrogens is 176 g/mol. The van der Waals surface area contributed by atoms with E-state index in [1.54, 1.807) is 6.20 Å². The minimum atomic E-state index is 0.261. The molecule has 0 aliphatic rings. The maximum absolute atomic E-state index is 8.45. The predicted octanol–water partition coefficient (Wildman–Crippen LogP) is 1.81. The fourth-order valence-corrected chi connectivity index (χ4v) is 1.16. The molecule has 0 bridgehead atoms. The lowest BCUT2D eigenvalue weighted by molar-refractivity contribution is 0.410. The Bertz CT molecular complexity index is 319. The van der Waals surface area contributed by atoms with E-state index >= 15 is 0 Å². The molecule has 0 radical (unpaired) electrons. The van der Waals surface area contributed by atoms with Crippen LogP contribution < -0.4 is 4.74 Å². The van der Waals surface area contributed by atoms with Crippen molar-refractivity contribution in [2.75, 3.05) is 7.11 Å². The zero-order valence-corrected chi connectivity index (χ0v) is 7.30. The molecule has 0 saturated carbocycles. The van der Waals surface area contributed by atoms with Gasteiger partial charge in [-0.2, -0.15) is 5.26 Å². The molecule has 0 aromatic carbocycles. The molecule has 1 aromatic heterocycles. The fraction of sp³-hybridized carbons (Fsp3) is 0.250. The standard InChI is InChI=1S/C8H7ClN2O/c1-12-8-6(2-3-10)4-11-5-7(8)9/h4-5H,2H2,1H3. The van der Waals surface area contributed by atoms with Gasteiger partial charge in [0.2, 0.25) is 0 Å². The van der Waals surface area contributed by atoms with Crippen LogP contribution in [-0.2, 0) is 6.42 Å². The summed E-state index contributed by atoms with van der Waals surface area (Å²) in [6.07, 6.45) is 3.33. The number of pyridine rings is 1. The minimum Gasteiger partial charge on any atom is -0.495 e. The lowest BCUT2D eigenvalue weighted by Crippen LogP contribution is -1.92. The zero-order chi connectivity index (χ0) is 8.97. The van der Waals surface area contributed by atoms with E-state index in [9.17, 15) is 0 Å². The lowest BCUT2D eigenvalue weighted by Gasteiger charge is -2.05. The van der Waals surface area contributed by atoms with Crippen molar-refractivity contribution in [2.24, 2.45) is 0 Å². The first-order valence-electron chi connectivity index (χ1n) is 3.33. The number of nitriles is 1. The molecule has 0 aliphatic heterocycles. The first-order chi connectivity index (χ1) is 5.79. The van der Waals surface area contributed by atoms with E-state index in [1.807, 2.05) is 6.07 Å². The van der Waals surface area contributed by atoms with Crippen LogP contribution in [0.5, 0.6) is 5.75 Å². The van der Waals surface area contributed by atoms with Gasteiger partial charge in [-0.05, 0) is 0 Å². The van der Waals surface area contributed by atoms with Crippen molar-refractivity contribution in [1.82, 2.24) is 4.98 Å². The third-order valence-electron chi connectivity index (χ3n) is 1.40. The zero-order valence-electron chi connectivity index (χ0n) is 6.54. The van der Waals surface area contributed by atoms with E-state index in [1.165, 1.54) is 13.3 Å². The summed E-state index contributed by atoms with van der Waals surface area (Å²) < 4.78 is 5.01. The molecule has 0 unspecified atom stereocenters. The SMILES string of the molecule is COc1c(Cl)cncc1CC#N. The molecule has 0 aliphatic carbocycles. The van der Waals surface area contributed by atoms with Crippen LogP contribution in [0.4, 0.5) is 0 Å². The molecule has 3 nitrogen and oxygen atoms in total. The molecule has 1 heterocycles. The molecular formula is C8H7ClN2O. The van der Waals surface area contributed by atoms with Crippen molar-refractivity contribution in [2.45, 2.75) is 6.42 Å². The van der Waals surface area contributed by atoms with E-state index in [0.29, 0.717) is 16.3 Å². The molecule has 62 valence electrons. The van der Waals surface area contributed by atoms with Gasteiger partial charge < -0.3 is 4.74 Å². The number of nitrogens with zero attached hydrogens (tertiary/aromatic N) is 2. The van der Waals surface area contributed by atoms with E-state index in [-0.39, 0.29) is 6.42 Å². The Labute approximate surface area is 75.6 Å². The summed E-state index contributed by atoms with van der Waals surface area (Å²) >= 11 is 5.77. The second-order valence-corrected chi connectivity index (χ2v) is 2.56. The summed E-state index contributed by atoms with van der Waals surface area (Å²) in [4.78, 5) is 3.85. The average Bonchev–Trinajstić information content (AvgIpc) is 2.05. The molecule has 0 amide bonds. The summed E-state index contributed by atoms with van der Waals surface area (Å²) in [5.74, 6) is 0.535. The maximum atomic E-state index is 8.45. The number of ether oxygens (including phenoxy) is 1. The Kier molecular flexibility index (Phi) is 2.89. The van der Waals surface area contributed by atoms with Crippen molar-refractivity contribution >= 4 is 11.6 Å².